The fourth-order valence-corrected chi connectivity index (χ4v) is 5.46. The fraction of sp³-hybridized carbons (Fsp3) is 0.344. The summed E-state index contributed by atoms with van der Waals surface area (Å²) < 4.78 is 0. The predicted molar refractivity (Wildman–Crippen MR) is 188 cm³/mol. The monoisotopic (exact) mass is 760 g/mol. The average molecular weight is 761 g/mol. The number of rotatable bonds is 21. The first-order valence-corrected chi connectivity index (χ1v) is 16.9. The number of carbonyl (C=O) groups is 6. The molecule has 5 heterocycles. The molecule has 23 heteroatoms. The van der Waals surface area contributed by atoms with Gasteiger partial charge in [0, 0.05) is 91.6 Å². The third kappa shape index (κ3) is 11.7. The van der Waals surface area contributed by atoms with Crippen LogP contribution in [0.4, 0.5) is 0 Å². The molecular formula is C32H40N16O7. The van der Waals surface area contributed by atoms with Crippen LogP contribution in [0.3, 0.4) is 0 Å². The minimum Gasteiger partial charge on any atom is -0.480 e. The molecule has 0 saturated carbocycles. The van der Waals surface area contributed by atoms with E-state index in [-0.39, 0.29) is 32.1 Å². The molecule has 0 aliphatic carbocycles. The van der Waals surface area contributed by atoms with Crippen LogP contribution in [0.25, 0.3) is 0 Å². The number of carboxylic acid groups (broad SMARTS) is 1. The molecule has 0 saturated heterocycles. The van der Waals surface area contributed by atoms with E-state index in [1.165, 1.54) is 62.6 Å². The molecule has 0 fully saturated rings. The second-order valence-electron chi connectivity index (χ2n) is 12.3. The Morgan fingerprint density at radius 2 is 0.727 bits per heavy atom. The zero-order valence-electron chi connectivity index (χ0n) is 29.1. The van der Waals surface area contributed by atoms with Gasteiger partial charge in [-0.1, -0.05) is 0 Å². The molecule has 23 nitrogen and oxygen atoms in total. The summed E-state index contributed by atoms with van der Waals surface area (Å²) in [6.45, 7) is -0.393. The summed E-state index contributed by atoms with van der Waals surface area (Å²) in [5.41, 5.74) is 7.81. The van der Waals surface area contributed by atoms with Crippen LogP contribution in [-0.2, 0) is 60.9 Å². The van der Waals surface area contributed by atoms with Gasteiger partial charge in [-0.05, 0) is 0 Å². The molecule has 5 rings (SSSR count). The van der Waals surface area contributed by atoms with E-state index in [4.69, 9.17) is 5.73 Å². The largest absolute Gasteiger partial charge is 0.480 e. The Kier molecular flexibility index (Phi) is 13.5. The maximum absolute atomic E-state index is 14.1. The van der Waals surface area contributed by atoms with Gasteiger partial charge in [-0.15, -0.1) is 0 Å². The average Bonchev–Trinajstić information content (AvgIpc) is 4.01. The molecule has 0 aliphatic heterocycles. The molecule has 5 unspecified atom stereocenters. The minimum atomic E-state index is -1.38. The lowest BCUT2D eigenvalue weighted by Crippen LogP contribution is -2.60. The molecule has 5 atom stereocenters. The number of aliphatic carboxylic acids is 1. The van der Waals surface area contributed by atoms with Crippen LogP contribution in [0.1, 0.15) is 28.5 Å². The summed E-state index contributed by atoms with van der Waals surface area (Å²) in [4.78, 5) is 114. The molecule has 290 valence electrons. The molecule has 5 aromatic heterocycles. The van der Waals surface area contributed by atoms with Crippen molar-refractivity contribution in [2.24, 2.45) is 5.73 Å². The third-order valence-corrected chi connectivity index (χ3v) is 8.25. The number of hydrogen-bond donors (Lipinski definition) is 12. The number of carboxylic acids is 1. The Morgan fingerprint density at radius 1 is 0.473 bits per heavy atom. The first-order valence-electron chi connectivity index (χ1n) is 16.9. The number of nitrogens with two attached hydrogens (primary N) is 1. The molecule has 0 bridgehead atoms. The van der Waals surface area contributed by atoms with Gasteiger partial charge in [0.25, 0.3) is 0 Å². The van der Waals surface area contributed by atoms with E-state index in [2.05, 4.69) is 76.4 Å². The first-order chi connectivity index (χ1) is 26.6. The van der Waals surface area contributed by atoms with Crippen molar-refractivity contribution in [2.75, 3.05) is 6.54 Å². The molecular weight excluding hydrogens is 720 g/mol. The van der Waals surface area contributed by atoms with E-state index >= 15 is 0 Å². The highest BCUT2D eigenvalue weighted by Crippen LogP contribution is 2.08. The number of nitrogens with zero attached hydrogens (tertiary/aromatic N) is 5. The molecule has 5 amide bonds. The second kappa shape index (κ2) is 19.1. The molecule has 0 aliphatic rings. The van der Waals surface area contributed by atoms with Crippen molar-refractivity contribution in [2.45, 2.75) is 62.3 Å². The zero-order valence-corrected chi connectivity index (χ0v) is 29.1. The quantitative estimate of drug-likeness (QED) is 0.0343. The van der Waals surface area contributed by atoms with Crippen molar-refractivity contribution in [3.8, 4) is 0 Å². The number of H-pyrrole nitrogens is 5. The summed E-state index contributed by atoms with van der Waals surface area (Å²) >= 11 is 0. The number of hydrogen-bond acceptors (Lipinski definition) is 12. The van der Waals surface area contributed by atoms with Gasteiger partial charge >= 0.3 is 5.97 Å². The highest BCUT2D eigenvalue weighted by molar-refractivity contribution is 5.96. The highest BCUT2D eigenvalue weighted by Gasteiger charge is 2.34. The fourth-order valence-electron chi connectivity index (χ4n) is 5.46. The summed E-state index contributed by atoms with van der Waals surface area (Å²) in [6.07, 6.45) is 13.7. The van der Waals surface area contributed by atoms with Crippen molar-refractivity contribution in [1.82, 2.24) is 76.4 Å². The highest BCUT2D eigenvalue weighted by atomic mass is 16.4. The lowest BCUT2D eigenvalue weighted by Gasteiger charge is -2.26. The summed E-state index contributed by atoms with van der Waals surface area (Å²) in [5.74, 6) is -5.11. The SMILES string of the molecule is NCC(=O)NC(Cc1cnc[nH]1)C(=O)NC(Cc1cnc[nH]1)C(=O)NC(Cc1cnc[nH]1)C(=O)NC(Cc1cnc[nH]1)C(=O)NC(Cc1cnc[nH]1)C(=O)O. The van der Waals surface area contributed by atoms with Crippen molar-refractivity contribution >= 4 is 35.5 Å². The molecule has 5 aromatic rings. The van der Waals surface area contributed by atoms with Gasteiger partial charge in [0.2, 0.25) is 29.5 Å². The topological polar surface area (TPSA) is 352 Å². The van der Waals surface area contributed by atoms with Crippen molar-refractivity contribution < 1.29 is 33.9 Å². The zero-order chi connectivity index (χ0) is 39.2. The molecule has 0 aromatic carbocycles. The van der Waals surface area contributed by atoms with Crippen molar-refractivity contribution in [3.63, 3.8) is 0 Å². The van der Waals surface area contributed by atoms with Gasteiger partial charge in [-0.2, -0.15) is 0 Å². The molecule has 55 heavy (non-hydrogen) atoms. The standard InChI is InChI=1S/C32H40N16O7/c33-6-27(49)44-22(1-17-7-34-12-39-17)28(50)45-23(2-18-8-35-13-40-18)29(51)46-24(3-19-9-36-14-41-19)30(52)47-25(4-20-10-37-15-42-20)31(53)48-26(32(54)55)5-21-11-38-16-43-21/h7-16,22-26H,1-6,33H2,(H,34,39)(H,35,40)(H,36,41)(H,37,42)(H,38,43)(H,44,49)(H,45,50)(H,46,51)(H,47,52)(H,48,53)(H,54,55). The second-order valence-corrected chi connectivity index (χ2v) is 12.3. The smallest absolute Gasteiger partial charge is 0.326 e. The maximum Gasteiger partial charge on any atom is 0.326 e. The Labute approximate surface area is 311 Å². The van der Waals surface area contributed by atoms with Crippen LogP contribution in [0.2, 0.25) is 0 Å². The van der Waals surface area contributed by atoms with Gasteiger partial charge in [0.1, 0.15) is 30.2 Å². The van der Waals surface area contributed by atoms with Crippen LogP contribution in [-0.4, -0.2) is 127 Å². The van der Waals surface area contributed by atoms with Crippen LogP contribution in [0, 0.1) is 0 Å². The molecule has 13 N–H and O–H groups in total. The maximum atomic E-state index is 14.1. The van der Waals surface area contributed by atoms with E-state index in [0.717, 1.165) is 0 Å². The van der Waals surface area contributed by atoms with Gasteiger partial charge in [-0.25, -0.2) is 29.7 Å². The Hall–Kier alpha value is -7.17. The van der Waals surface area contributed by atoms with Gasteiger partial charge < -0.3 is 62.3 Å². The summed E-state index contributed by atoms with van der Waals surface area (Å²) in [5, 5.41) is 22.8. The summed E-state index contributed by atoms with van der Waals surface area (Å²) in [7, 11) is 0. The number of imidazole rings is 5. The van der Waals surface area contributed by atoms with E-state index in [1.54, 1.807) is 0 Å². The van der Waals surface area contributed by atoms with Gasteiger partial charge in [-0.3, -0.25) is 24.0 Å². The Morgan fingerprint density at radius 3 is 0.964 bits per heavy atom. The number of aromatic amines is 5. The summed E-state index contributed by atoms with van der Waals surface area (Å²) in [6, 6.07) is -6.56. The number of amides is 5. The molecule has 0 radical (unpaired) electrons. The number of aromatic nitrogens is 10. The minimum absolute atomic E-state index is 0.00870. The van der Waals surface area contributed by atoms with Gasteiger partial charge in [0.15, 0.2) is 0 Å². The van der Waals surface area contributed by atoms with Gasteiger partial charge in [0.05, 0.1) is 38.2 Å². The Bertz CT molecular complexity index is 1960. The Balaban J connectivity index is 1.37. The lowest BCUT2D eigenvalue weighted by molar-refractivity contribution is -0.142. The lowest BCUT2D eigenvalue weighted by atomic mass is 10.0. The van der Waals surface area contributed by atoms with Crippen LogP contribution in [0.5, 0.6) is 0 Å². The van der Waals surface area contributed by atoms with E-state index in [9.17, 15) is 33.9 Å². The number of nitrogens with one attached hydrogen (secondary N) is 10. The van der Waals surface area contributed by atoms with Crippen LogP contribution in [0.15, 0.2) is 62.6 Å². The predicted octanol–water partition coefficient (Wildman–Crippen LogP) is -3.72. The third-order valence-electron chi connectivity index (χ3n) is 8.25. The van der Waals surface area contributed by atoms with Crippen LogP contribution < -0.4 is 32.3 Å². The first kappa shape index (κ1) is 39.0. The normalized spacial score (nSPS) is 13.8. The van der Waals surface area contributed by atoms with Crippen molar-refractivity contribution in [1.29, 1.82) is 0 Å². The van der Waals surface area contributed by atoms with Crippen molar-refractivity contribution in [3.05, 3.63) is 91.1 Å². The molecule has 0 spiro atoms. The number of carbonyl (C=O) groups excluding carboxylic acids is 5. The van der Waals surface area contributed by atoms with E-state index < -0.39 is 72.3 Å². The van der Waals surface area contributed by atoms with E-state index in [0.29, 0.717) is 28.5 Å². The van der Waals surface area contributed by atoms with E-state index in [1.807, 2.05) is 0 Å². The van der Waals surface area contributed by atoms with Crippen LogP contribution >= 0.6 is 0 Å².